The molecular weight excluding hydrogens is 120 g/mol. The van der Waals surface area contributed by atoms with E-state index >= 15 is 0 Å². The van der Waals surface area contributed by atoms with E-state index in [2.05, 4.69) is 0 Å². The molecule has 0 radical (unpaired) electrons. The third-order valence-corrected chi connectivity index (χ3v) is 1.61. The number of aliphatic hydroxyl groups is 2. The molecular formula is C6H10O3. The Morgan fingerprint density at radius 3 is 2.00 bits per heavy atom. The van der Waals surface area contributed by atoms with Crippen LogP contribution in [-0.2, 0) is 4.79 Å². The van der Waals surface area contributed by atoms with Gasteiger partial charge in [-0.15, -0.1) is 0 Å². The second-order valence-corrected chi connectivity index (χ2v) is 2.52. The molecule has 0 aromatic rings. The second kappa shape index (κ2) is 2.08. The summed E-state index contributed by atoms with van der Waals surface area (Å²) < 4.78 is 0. The molecule has 0 aromatic carbocycles. The zero-order valence-electron chi connectivity index (χ0n) is 5.13. The van der Waals surface area contributed by atoms with E-state index in [0.29, 0.717) is 12.8 Å². The van der Waals surface area contributed by atoms with Crippen LogP contribution in [0, 0.1) is 0 Å². The number of ketones is 1. The largest absolute Gasteiger partial charge is 0.366 e. The molecule has 9 heavy (non-hydrogen) atoms. The molecule has 0 aliphatic heterocycles. The van der Waals surface area contributed by atoms with Gasteiger partial charge >= 0.3 is 0 Å². The van der Waals surface area contributed by atoms with E-state index in [9.17, 15) is 4.79 Å². The fourth-order valence-corrected chi connectivity index (χ4v) is 0.929. The van der Waals surface area contributed by atoms with Gasteiger partial charge in [-0.2, -0.15) is 0 Å². The van der Waals surface area contributed by atoms with Crippen LogP contribution in [0.5, 0.6) is 0 Å². The van der Waals surface area contributed by atoms with Crippen molar-refractivity contribution in [3.05, 3.63) is 0 Å². The first-order valence-electron chi connectivity index (χ1n) is 3.07. The molecule has 1 rings (SSSR count). The van der Waals surface area contributed by atoms with E-state index in [1.54, 1.807) is 0 Å². The van der Waals surface area contributed by atoms with E-state index in [-0.39, 0.29) is 18.6 Å². The third-order valence-electron chi connectivity index (χ3n) is 1.61. The summed E-state index contributed by atoms with van der Waals surface area (Å²) in [6.07, 6.45) is 1.03. The molecule has 0 bridgehead atoms. The Labute approximate surface area is 53.3 Å². The van der Waals surface area contributed by atoms with E-state index < -0.39 is 5.79 Å². The van der Waals surface area contributed by atoms with Crippen LogP contribution in [0.3, 0.4) is 0 Å². The summed E-state index contributed by atoms with van der Waals surface area (Å²) in [4.78, 5) is 10.5. The van der Waals surface area contributed by atoms with Crippen molar-refractivity contribution in [3.8, 4) is 0 Å². The minimum absolute atomic E-state index is 0.133. The van der Waals surface area contributed by atoms with Crippen molar-refractivity contribution in [2.24, 2.45) is 0 Å². The lowest BCUT2D eigenvalue weighted by Gasteiger charge is -2.24. The van der Waals surface area contributed by atoms with Crippen LogP contribution in [0.1, 0.15) is 25.7 Å². The molecule has 0 spiro atoms. The van der Waals surface area contributed by atoms with Gasteiger partial charge in [0.05, 0.1) is 0 Å². The van der Waals surface area contributed by atoms with Crippen molar-refractivity contribution in [2.45, 2.75) is 31.5 Å². The monoisotopic (exact) mass is 130 g/mol. The first kappa shape index (κ1) is 6.71. The average molecular weight is 130 g/mol. The average Bonchev–Trinajstić information content (AvgIpc) is 1.78. The molecule has 1 aliphatic carbocycles. The minimum Gasteiger partial charge on any atom is -0.366 e. The van der Waals surface area contributed by atoms with Gasteiger partial charge in [0.2, 0.25) is 0 Å². The van der Waals surface area contributed by atoms with E-state index in [1.807, 2.05) is 0 Å². The lowest BCUT2D eigenvalue weighted by molar-refractivity contribution is -0.183. The fourth-order valence-electron chi connectivity index (χ4n) is 0.929. The molecule has 1 saturated carbocycles. The van der Waals surface area contributed by atoms with Gasteiger partial charge in [-0.1, -0.05) is 0 Å². The molecule has 1 fully saturated rings. The highest BCUT2D eigenvalue weighted by atomic mass is 16.5. The smallest absolute Gasteiger partial charge is 0.163 e. The van der Waals surface area contributed by atoms with Crippen LogP contribution in [0.4, 0.5) is 0 Å². The Kier molecular flexibility index (Phi) is 1.55. The van der Waals surface area contributed by atoms with Crippen LogP contribution in [0.2, 0.25) is 0 Å². The highest BCUT2D eigenvalue weighted by Gasteiger charge is 2.28. The number of carbonyl (C=O) groups is 1. The summed E-state index contributed by atoms with van der Waals surface area (Å²) in [5.41, 5.74) is 0. The van der Waals surface area contributed by atoms with Crippen molar-refractivity contribution in [1.29, 1.82) is 0 Å². The Morgan fingerprint density at radius 1 is 1.22 bits per heavy atom. The topological polar surface area (TPSA) is 57.5 Å². The van der Waals surface area contributed by atoms with Crippen molar-refractivity contribution >= 4 is 5.78 Å². The summed E-state index contributed by atoms with van der Waals surface area (Å²) in [6, 6.07) is 0. The Balaban J connectivity index is 2.44. The number of hydrogen-bond acceptors (Lipinski definition) is 3. The standard InChI is InChI=1S/C6H10O3/c7-5-1-3-6(8,9)4-2-5/h8-9H,1-4H2. The van der Waals surface area contributed by atoms with Crippen LogP contribution in [0.15, 0.2) is 0 Å². The Hall–Kier alpha value is -0.410. The van der Waals surface area contributed by atoms with Crippen molar-refractivity contribution in [2.75, 3.05) is 0 Å². The van der Waals surface area contributed by atoms with Gasteiger partial charge in [0.1, 0.15) is 5.78 Å². The summed E-state index contributed by atoms with van der Waals surface area (Å²) in [5, 5.41) is 17.8. The van der Waals surface area contributed by atoms with Crippen molar-refractivity contribution in [1.82, 2.24) is 0 Å². The number of carbonyl (C=O) groups excluding carboxylic acids is 1. The van der Waals surface area contributed by atoms with Crippen molar-refractivity contribution < 1.29 is 15.0 Å². The normalized spacial score (nSPS) is 26.2. The number of Topliss-reactive ketones (excluding diaryl/α,β-unsaturated/α-hetero) is 1. The SMILES string of the molecule is O=C1CCC(O)(O)CC1. The molecule has 0 aromatic heterocycles. The zero-order valence-corrected chi connectivity index (χ0v) is 5.13. The predicted octanol–water partition coefficient (Wildman–Crippen LogP) is -0.190. The highest BCUT2D eigenvalue weighted by molar-refractivity contribution is 5.79. The van der Waals surface area contributed by atoms with Gasteiger partial charge in [0.15, 0.2) is 5.79 Å². The van der Waals surface area contributed by atoms with E-state index in [4.69, 9.17) is 10.2 Å². The van der Waals surface area contributed by atoms with Gasteiger partial charge < -0.3 is 10.2 Å². The molecule has 0 atom stereocenters. The zero-order chi connectivity index (χ0) is 6.91. The van der Waals surface area contributed by atoms with Gasteiger partial charge in [0.25, 0.3) is 0 Å². The van der Waals surface area contributed by atoms with Gasteiger partial charge in [0, 0.05) is 25.7 Å². The second-order valence-electron chi connectivity index (χ2n) is 2.52. The Bertz CT molecular complexity index is 116. The first-order chi connectivity index (χ1) is 4.10. The fraction of sp³-hybridized carbons (Fsp3) is 0.833. The lowest BCUT2D eigenvalue weighted by atomic mass is 9.94. The molecule has 1 aliphatic rings. The van der Waals surface area contributed by atoms with Gasteiger partial charge in [-0.05, 0) is 0 Å². The molecule has 2 N–H and O–H groups in total. The molecule has 0 heterocycles. The maximum Gasteiger partial charge on any atom is 0.163 e. The summed E-state index contributed by atoms with van der Waals surface area (Å²) in [6.45, 7) is 0. The third kappa shape index (κ3) is 1.77. The van der Waals surface area contributed by atoms with Crippen molar-refractivity contribution in [3.63, 3.8) is 0 Å². The number of rotatable bonds is 0. The molecule has 3 heteroatoms. The molecule has 0 saturated heterocycles. The highest BCUT2D eigenvalue weighted by Crippen LogP contribution is 2.22. The van der Waals surface area contributed by atoms with Crippen LogP contribution >= 0.6 is 0 Å². The van der Waals surface area contributed by atoms with Crippen LogP contribution in [0.25, 0.3) is 0 Å². The molecule has 3 nitrogen and oxygen atoms in total. The summed E-state index contributed by atoms with van der Waals surface area (Å²) in [5.74, 6) is -1.43. The molecule has 52 valence electrons. The van der Waals surface area contributed by atoms with Crippen LogP contribution in [-0.4, -0.2) is 21.8 Å². The van der Waals surface area contributed by atoms with E-state index in [0.717, 1.165) is 0 Å². The minimum atomic E-state index is -1.56. The Morgan fingerprint density at radius 2 is 1.67 bits per heavy atom. The predicted molar refractivity (Wildman–Crippen MR) is 30.6 cm³/mol. The molecule has 0 amide bonds. The summed E-state index contributed by atoms with van der Waals surface area (Å²) >= 11 is 0. The number of hydrogen-bond donors (Lipinski definition) is 2. The van der Waals surface area contributed by atoms with Gasteiger partial charge in [-0.25, -0.2) is 0 Å². The summed E-state index contributed by atoms with van der Waals surface area (Å²) in [7, 11) is 0. The maximum atomic E-state index is 10.5. The van der Waals surface area contributed by atoms with Gasteiger partial charge in [-0.3, -0.25) is 4.79 Å². The van der Waals surface area contributed by atoms with Crippen LogP contribution < -0.4 is 0 Å². The first-order valence-corrected chi connectivity index (χ1v) is 3.07. The lowest BCUT2D eigenvalue weighted by Crippen LogP contribution is -2.33. The maximum absolute atomic E-state index is 10.5. The molecule has 0 unspecified atom stereocenters. The van der Waals surface area contributed by atoms with E-state index in [1.165, 1.54) is 0 Å². The quantitative estimate of drug-likeness (QED) is 0.447.